The summed E-state index contributed by atoms with van der Waals surface area (Å²) in [4.78, 5) is 3.00. The lowest BCUT2D eigenvalue weighted by Crippen LogP contribution is -2.67. The molecule has 0 aliphatic heterocycles. The highest BCUT2D eigenvalue weighted by Gasteiger charge is 2.50. The fraction of sp³-hybridized carbons (Fsp3) is 0.647. The van der Waals surface area contributed by atoms with Crippen molar-refractivity contribution >= 4 is 18.7 Å². The second kappa shape index (κ2) is 19.1. The largest absolute Gasteiger partial charge is 0.407 e. The van der Waals surface area contributed by atoms with Gasteiger partial charge in [0.15, 0.2) is 0 Å². The summed E-state index contributed by atoms with van der Waals surface area (Å²) in [6, 6.07) is 19.6. The Morgan fingerprint density at radius 3 is 1.61 bits per heavy atom. The third-order valence-electron chi connectivity index (χ3n) is 8.23. The van der Waals surface area contributed by atoms with Gasteiger partial charge in [-0.2, -0.15) is 0 Å². The van der Waals surface area contributed by atoms with Crippen LogP contribution in [-0.2, 0) is 4.43 Å². The summed E-state index contributed by atoms with van der Waals surface area (Å²) in [7, 11) is -2.86. The zero-order valence-corrected chi connectivity index (χ0v) is 27.0. The highest BCUT2D eigenvalue weighted by Crippen LogP contribution is 2.37. The van der Waals surface area contributed by atoms with E-state index in [0.717, 1.165) is 29.6 Å². The number of azide groups is 1. The van der Waals surface area contributed by atoms with Crippen LogP contribution in [0.1, 0.15) is 111 Å². The number of hydrogen-bond acceptors (Lipinski definition) is 4. The van der Waals surface area contributed by atoms with Gasteiger partial charge in [0.2, 0.25) is 0 Å². The van der Waals surface area contributed by atoms with Crippen molar-refractivity contribution < 1.29 is 14.6 Å². The van der Waals surface area contributed by atoms with Gasteiger partial charge in [0.1, 0.15) is 0 Å². The first-order valence-electron chi connectivity index (χ1n) is 15.9. The maximum absolute atomic E-state index is 11.0. The van der Waals surface area contributed by atoms with Gasteiger partial charge in [0, 0.05) is 11.5 Å². The van der Waals surface area contributed by atoms with Crippen molar-refractivity contribution in [2.24, 2.45) is 5.11 Å². The van der Waals surface area contributed by atoms with Crippen LogP contribution in [0.25, 0.3) is 10.4 Å². The summed E-state index contributed by atoms with van der Waals surface area (Å²) in [5.74, 6) is 0. The average Bonchev–Trinajstić information content (AvgIpc) is 2.97. The van der Waals surface area contributed by atoms with E-state index in [2.05, 4.69) is 62.0 Å². The smallest absolute Gasteiger partial charge is 0.261 e. The first-order valence-corrected chi connectivity index (χ1v) is 17.8. The molecule has 0 radical (unpaired) electrons. The molecule has 0 amide bonds. The predicted octanol–water partition coefficient (Wildman–Crippen LogP) is 8.05. The van der Waals surface area contributed by atoms with Crippen LogP contribution in [-0.4, -0.2) is 43.4 Å². The number of aliphatic hydroxyl groups is 2. The molecule has 0 fully saturated rings. The highest BCUT2D eigenvalue weighted by molar-refractivity contribution is 6.99. The van der Waals surface area contributed by atoms with Gasteiger partial charge in [-0.1, -0.05) is 171 Å². The molecule has 0 aliphatic carbocycles. The lowest BCUT2D eigenvalue weighted by molar-refractivity contribution is -0.0106. The molecule has 2 aromatic rings. The first-order chi connectivity index (χ1) is 19.8. The normalized spacial score (nSPS) is 14.3. The van der Waals surface area contributed by atoms with Gasteiger partial charge in [-0.25, -0.2) is 0 Å². The molecule has 0 aromatic heterocycles. The van der Waals surface area contributed by atoms with Crippen molar-refractivity contribution in [3.05, 3.63) is 71.1 Å². The number of aliphatic hydroxyl groups excluding tert-OH is 2. The third-order valence-corrected chi connectivity index (χ3v) is 13.2. The summed E-state index contributed by atoms with van der Waals surface area (Å²) >= 11 is 0. The summed E-state index contributed by atoms with van der Waals surface area (Å²) in [6.07, 6.45) is 13.3. The second-order valence-electron chi connectivity index (χ2n) is 12.5. The van der Waals surface area contributed by atoms with Crippen LogP contribution in [0.2, 0.25) is 5.04 Å². The lowest BCUT2D eigenvalue weighted by Gasteiger charge is -2.43. The van der Waals surface area contributed by atoms with Crippen LogP contribution in [0.5, 0.6) is 0 Å². The van der Waals surface area contributed by atoms with E-state index in [-0.39, 0.29) is 11.6 Å². The monoisotopic (exact) mass is 581 g/mol. The summed E-state index contributed by atoms with van der Waals surface area (Å²) in [5.41, 5.74) is 9.30. The number of unbranched alkanes of at least 4 members (excludes halogenated alkanes) is 11. The lowest BCUT2D eigenvalue weighted by atomic mass is 10.00. The van der Waals surface area contributed by atoms with Crippen LogP contribution >= 0.6 is 0 Å². The highest BCUT2D eigenvalue weighted by atomic mass is 28.4. The fourth-order valence-electron chi connectivity index (χ4n) is 5.86. The van der Waals surface area contributed by atoms with Gasteiger partial charge in [-0.05, 0) is 27.4 Å². The minimum atomic E-state index is -2.86. The molecule has 0 saturated carbocycles. The maximum Gasteiger partial charge on any atom is 0.261 e. The van der Waals surface area contributed by atoms with Gasteiger partial charge in [0.25, 0.3) is 8.32 Å². The number of benzene rings is 2. The first kappa shape index (κ1) is 35.0. The number of rotatable bonds is 21. The Labute approximate surface area is 250 Å². The van der Waals surface area contributed by atoms with Crippen molar-refractivity contribution in [1.29, 1.82) is 0 Å². The zero-order chi connectivity index (χ0) is 30.0. The Morgan fingerprint density at radius 2 is 1.20 bits per heavy atom. The number of nitrogens with zero attached hydrogens (tertiary/aromatic N) is 3. The average molecular weight is 582 g/mol. The van der Waals surface area contributed by atoms with Crippen molar-refractivity contribution in [3.63, 3.8) is 0 Å². The second-order valence-corrected chi connectivity index (χ2v) is 16.8. The molecule has 6 nitrogen and oxygen atoms in total. The van der Waals surface area contributed by atoms with Gasteiger partial charge >= 0.3 is 0 Å². The van der Waals surface area contributed by atoms with Gasteiger partial charge in [-0.15, -0.1) is 0 Å². The fourth-order valence-corrected chi connectivity index (χ4v) is 10.4. The molecule has 0 spiro atoms. The molecule has 0 heterocycles. The molecule has 0 aliphatic rings. The molecular formula is C34H55N3O3Si. The molecule has 0 bridgehead atoms. The van der Waals surface area contributed by atoms with Gasteiger partial charge < -0.3 is 14.6 Å². The van der Waals surface area contributed by atoms with Crippen LogP contribution in [0.4, 0.5) is 0 Å². The molecule has 7 heteroatoms. The summed E-state index contributed by atoms with van der Waals surface area (Å²) in [6.45, 7) is 8.83. The molecule has 2 rings (SSSR count). The molecule has 228 valence electrons. The number of hydrogen-bond donors (Lipinski definition) is 2. The SMILES string of the molecule is CCCCCCCCCCCCCCC(O)C(O)C(CO[Si](c1ccccc1)(c1ccccc1)C(C)(C)C)N=[N+]=[N-]. The van der Waals surface area contributed by atoms with E-state index < -0.39 is 26.6 Å². The maximum atomic E-state index is 11.0. The van der Waals surface area contributed by atoms with E-state index in [4.69, 9.17) is 4.43 Å². The zero-order valence-electron chi connectivity index (χ0n) is 26.0. The molecule has 2 aromatic carbocycles. The predicted molar refractivity (Wildman–Crippen MR) is 174 cm³/mol. The summed E-state index contributed by atoms with van der Waals surface area (Å²) in [5, 5.41) is 27.8. The summed E-state index contributed by atoms with van der Waals surface area (Å²) < 4.78 is 6.87. The Hall–Kier alpha value is -2.15. The minimum Gasteiger partial charge on any atom is -0.407 e. The molecule has 41 heavy (non-hydrogen) atoms. The Kier molecular flexibility index (Phi) is 16.3. The van der Waals surface area contributed by atoms with E-state index in [1.807, 2.05) is 36.4 Å². The molecular weight excluding hydrogens is 526 g/mol. The van der Waals surface area contributed by atoms with E-state index >= 15 is 0 Å². The standard InChI is InChI=1S/C34H55N3O3Si/c1-5-6-7-8-9-10-11-12-13-14-15-22-27-32(38)33(39)31(36-37-35)28-40-41(34(2,3)4,29-23-18-16-19-24-29)30-25-20-17-21-26-30/h16-21,23-26,31-33,38-39H,5-15,22,27-28H2,1-4H3. The van der Waals surface area contributed by atoms with Crippen LogP contribution in [0, 0.1) is 0 Å². The Morgan fingerprint density at radius 1 is 0.756 bits per heavy atom. The minimum absolute atomic E-state index is 0.0357. The Balaban J connectivity index is 1.94. The molecule has 0 saturated heterocycles. The van der Waals surface area contributed by atoms with E-state index in [1.165, 1.54) is 57.8 Å². The van der Waals surface area contributed by atoms with Crippen LogP contribution < -0.4 is 10.4 Å². The van der Waals surface area contributed by atoms with E-state index in [1.54, 1.807) is 0 Å². The quantitative estimate of drug-likeness (QED) is 0.0513. The van der Waals surface area contributed by atoms with Crippen molar-refractivity contribution in [3.8, 4) is 0 Å². The molecule has 2 N–H and O–H groups in total. The van der Waals surface area contributed by atoms with Crippen molar-refractivity contribution in [2.75, 3.05) is 6.61 Å². The van der Waals surface area contributed by atoms with Gasteiger partial charge in [-0.3, -0.25) is 0 Å². The van der Waals surface area contributed by atoms with E-state index in [9.17, 15) is 15.7 Å². The van der Waals surface area contributed by atoms with Crippen LogP contribution in [0.15, 0.2) is 65.8 Å². The molecule has 3 atom stereocenters. The Bertz CT molecular complexity index is 954. The van der Waals surface area contributed by atoms with Crippen molar-refractivity contribution in [1.82, 2.24) is 0 Å². The van der Waals surface area contributed by atoms with Gasteiger partial charge in [0.05, 0.1) is 18.2 Å². The van der Waals surface area contributed by atoms with Crippen LogP contribution in [0.3, 0.4) is 0 Å². The topological polar surface area (TPSA) is 98.5 Å². The third kappa shape index (κ3) is 11.2. The van der Waals surface area contributed by atoms with Crippen molar-refractivity contribution in [2.45, 2.75) is 134 Å². The van der Waals surface area contributed by atoms with E-state index in [0.29, 0.717) is 6.42 Å². The molecule has 3 unspecified atom stereocenters.